The maximum Gasteiger partial charge on any atom is 0.335 e. The molecule has 0 bridgehead atoms. The van der Waals surface area contributed by atoms with Crippen molar-refractivity contribution in [3.05, 3.63) is 48.3 Å². The van der Waals surface area contributed by atoms with E-state index in [9.17, 15) is 13.2 Å². The van der Waals surface area contributed by atoms with Crippen LogP contribution in [0.2, 0.25) is 0 Å². The number of aryl methyl sites for hydroxylation is 1. The lowest BCUT2D eigenvalue weighted by Gasteiger charge is -2.07. The Bertz CT molecular complexity index is 719. The maximum absolute atomic E-state index is 12.0. The van der Waals surface area contributed by atoms with E-state index in [0.29, 0.717) is 0 Å². The average Bonchev–Trinajstić information content (AvgIpc) is 2.76. The van der Waals surface area contributed by atoms with Gasteiger partial charge >= 0.3 is 5.97 Å². The van der Waals surface area contributed by atoms with E-state index in [2.05, 4.69) is 4.72 Å². The van der Waals surface area contributed by atoms with Crippen LogP contribution in [0.1, 0.15) is 10.4 Å². The van der Waals surface area contributed by atoms with Crippen LogP contribution in [-0.4, -0.2) is 24.1 Å². The molecule has 0 saturated heterocycles. The molecule has 7 heteroatoms. The van der Waals surface area contributed by atoms with Gasteiger partial charge in [-0.2, -0.15) is 0 Å². The zero-order valence-corrected chi connectivity index (χ0v) is 10.9. The van der Waals surface area contributed by atoms with Crippen LogP contribution in [0.25, 0.3) is 0 Å². The number of nitrogens with zero attached hydrogens (tertiary/aromatic N) is 1. The number of carbonyl (C=O) groups is 1. The van der Waals surface area contributed by atoms with Gasteiger partial charge in [0.05, 0.1) is 5.56 Å². The van der Waals surface area contributed by atoms with Crippen LogP contribution in [-0.2, 0) is 17.1 Å². The molecule has 0 atom stereocenters. The lowest BCUT2D eigenvalue weighted by Crippen LogP contribution is -2.12. The number of carboxylic acid groups (broad SMARTS) is 1. The number of nitrogens with one attached hydrogen (secondary N) is 1. The van der Waals surface area contributed by atoms with E-state index in [1.165, 1.54) is 36.5 Å². The van der Waals surface area contributed by atoms with E-state index < -0.39 is 16.0 Å². The number of sulfonamides is 1. The Morgan fingerprint density at radius 1 is 1.32 bits per heavy atom. The third-order valence-electron chi connectivity index (χ3n) is 2.48. The molecule has 1 aromatic carbocycles. The summed E-state index contributed by atoms with van der Waals surface area (Å²) in [6, 6.07) is 7.09. The Hall–Kier alpha value is -2.28. The molecule has 1 aromatic heterocycles. The van der Waals surface area contributed by atoms with Crippen LogP contribution in [0.5, 0.6) is 0 Å². The second kappa shape index (κ2) is 4.77. The van der Waals surface area contributed by atoms with Crippen LogP contribution >= 0.6 is 0 Å². The molecule has 2 aromatic rings. The largest absolute Gasteiger partial charge is 0.478 e. The Morgan fingerprint density at radius 3 is 2.63 bits per heavy atom. The van der Waals surface area contributed by atoms with Crippen LogP contribution in [0, 0.1) is 0 Å². The fraction of sp³-hybridized carbons (Fsp3) is 0.0833. The first-order chi connectivity index (χ1) is 8.88. The van der Waals surface area contributed by atoms with E-state index in [1.807, 2.05) is 0 Å². The van der Waals surface area contributed by atoms with Gasteiger partial charge in [-0.05, 0) is 24.3 Å². The Morgan fingerprint density at radius 2 is 2.05 bits per heavy atom. The van der Waals surface area contributed by atoms with Crippen LogP contribution in [0.15, 0.2) is 47.6 Å². The second-order valence-corrected chi connectivity index (χ2v) is 5.69. The van der Waals surface area contributed by atoms with E-state index >= 15 is 0 Å². The molecule has 19 heavy (non-hydrogen) atoms. The van der Waals surface area contributed by atoms with Gasteiger partial charge in [-0.15, -0.1) is 0 Å². The fourth-order valence-electron chi connectivity index (χ4n) is 1.57. The van der Waals surface area contributed by atoms with Crippen molar-refractivity contribution in [2.24, 2.45) is 7.05 Å². The average molecular weight is 280 g/mol. The lowest BCUT2D eigenvalue weighted by molar-refractivity contribution is 0.0697. The normalized spacial score (nSPS) is 11.2. The minimum Gasteiger partial charge on any atom is -0.478 e. The van der Waals surface area contributed by atoms with E-state index in [1.54, 1.807) is 17.8 Å². The van der Waals surface area contributed by atoms with Gasteiger partial charge < -0.3 is 9.67 Å². The third-order valence-corrected chi connectivity index (χ3v) is 3.84. The van der Waals surface area contributed by atoms with Gasteiger partial charge in [0.1, 0.15) is 4.90 Å². The molecule has 0 saturated carbocycles. The van der Waals surface area contributed by atoms with Gasteiger partial charge in [-0.25, -0.2) is 13.2 Å². The highest BCUT2D eigenvalue weighted by Crippen LogP contribution is 2.17. The van der Waals surface area contributed by atoms with Crippen molar-refractivity contribution in [3.63, 3.8) is 0 Å². The minimum absolute atomic E-state index is 0.0215. The summed E-state index contributed by atoms with van der Waals surface area (Å²) in [6.07, 6.45) is 3.08. The van der Waals surface area contributed by atoms with Crippen molar-refractivity contribution in [1.82, 2.24) is 4.57 Å². The summed E-state index contributed by atoms with van der Waals surface area (Å²) in [5, 5.41) is 8.85. The number of carboxylic acids is 1. The molecule has 100 valence electrons. The standard InChI is InChI=1S/C12H12N2O4S/c1-14-6-5-11(8-14)19(17,18)13-10-4-2-3-9(7-10)12(15)16/h2-8,13H,1H3,(H,15,16). The second-order valence-electron chi connectivity index (χ2n) is 4.00. The predicted octanol–water partition coefficient (Wildman–Crippen LogP) is 1.52. The summed E-state index contributed by atoms with van der Waals surface area (Å²) >= 11 is 0. The van der Waals surface area contributed by atoms with E-state index in [0.717, 1.165) is 0 Å². The number of anilines is 1. The first-order valence-corrected chi connectivity index (χ1v) is 6.85. The zero-order chi connectivity index (χ0) is 14.0. The summed E-state index contributed by atoms with van der Waals surface area (Å²) in [7, 11) is -1.99. The van der Waals surface area contributed by atoms with Crippen LogP contribution in [0.3, 0.4) is 0 Å². The lowest BCUT2D eigenvalue weighted by atomic mass is 10.2. The van der Waals surface area contributed by atoms with Gasteiger partial charge in [-0.3, -0.25) is 4.72 Å². The first-order valence-electron chi connectivity index (χ1n) is 5.36. The van der Waals surface area contributed by atoms with Crippen LogP contribution < -0.4 is 4.72 Å². The van der Waals surface area contributed by atoms with E-state index in [-0.39, 0.29) is 16.1 Å². The van der Waals surface area contributed by atoms with E-state index in [4.69, 9.17) is 5.11 Å². The van der Waals surface area contributed by atoms with Crippen molar-refractivity contribution in [2.45, 2.75) is 4.90 Å². The molecule has 0 aliphatic carbocycles. The summed E-state index contributed by atoms with van der Waals surface area (Å²) in [5.74, 6) is -1.11. The van der Waals surface area contributed by atoms with Gasteiger partial charge in [-0.1, -0.05) is 6.07 Å². The summed E-state index contributed by atoms with van der Waals surface area (Å²) < 4.78 is 28.0. The Kier molecular flexibility index (Phi) is 3.30. The molecule has 2 rings (SSSR count). The summed E-state index contributed by atoms with van der Waals surface area (Å²) in [4.78, 5) is 10.9. The molecule has 2 N–H and O–H groups in total. The minimum atomic E-state index is -3.70. The monoisotopic (exact) mass is 280 g/mol. The quantitative estimate of drug-likeness (QED) is 0.888. The molecule has 6 nitrogen and oxygen atoms in total. The molecule has 0 amide bonds. The smallest absolute Gasteiger partial charge is 0.335 e. The van der Waals surface area contributed by atoms with Gasteiger partial charge in [0, 0.05) is 25.1 Å². The zero-order valence-electron chi connectivity index (χ0n) is 10.1. The molecule has 0 fully saturated rings. The van der Waals surface area contributed by atoms with Crippen molar-refractivity contribution in [3.8, 4) is 0 Å². The van der Waals surface area contributed by atoms with Crippen molar-refractivity contribution in [1.29, 1.82) is 0 Å². The highest BCUT2D eigenvalue weighted by Gasteiger charge is 2.15. The third kappa shape index (κ3) is 2.94. The number of aromatic nitrogens is 1. The van der Waals surface area contributed by atoms with Crippen molar-refractivity contribution in [2.75, 3.05) is 4.72 Å². The predicted molar refractivity (Wildman–Crippen MR) is 69.6 cm³/mol. The highest BCUT2D eigenvalue weighted by molar-refractivity contribution is 7.92. The molecular weight excluding hydrogens is 268 g/mol. The fourth-order valence-corrected chi connectivity index (χ4v) is 2.67. The molecule has 1 heterocycles. The van der Waals surface area contributed by atoms with Gasteiger partial charge in [0.2, 0.25) is 0 Å². The van der Waals surface area contributed by atoms with Crippen molar-refractivity contribution < 1.29 is 18.3 Å². The molecular formula is C12H12N2O4S. The molecule has 0 spiro atoms. The molecule has 0 radical (unpaired) electrons. The summed E-state index contributed by atoms with van der Waals surface area (Å²) in [6.45, 7) is 0. The Labute approximate surface area is 110 Å². The molecule has 0 aliphatic rings. The molecule has 0 unspecified atom stereocenters. The molecule has 0 aliphatic heterocycles. The van der Waals surface area contributed by atoms with Crippen molar-refractivity contribution >= 4 is 21.7 Å². The number of benzene rings is 1. The number of aromatic carboxylic acids is 1. The number of hydrogen-bond acceptors (Lipinski definition) is 3. The highest BCUT2D eigenvalue weighted by atomic mass is 32.2. The van der Waals surface area contributed by atoms with Crippen LogP contribution in [0.4, 0.5) is 5.69 Å². The SMILES string of the molecule is Cn1ccc(S(=O)(=O)Nc2cccc(C(=O)O)c2)c1. The number of hydrogen-bond donors (Lipinski definition) is 2. The maximum atomic E-state index is 12.0. The Balaban J connectivity index is 2.30. The van der Waals surface area contributed by atoms with Gasteiger partial charge in [0.25, 0.3) is 10.0 Å². The number of rotatable bonds is 4. The summed E-state index contributed by atoms with van der Waals surface area (Å²) in [5.41, 5.74) is 0.233. The first kappa shape index (κ1) is 13.2. The van der Waals surface area contributed by atoms with Gasteiger partial charge in [0.15, 0.2) is 0 Å². The topological polar surface area (TPSA) is 88.4 Å².